The average molecular weight is 307 g/mol. The summed E-state index contributed by atoms with van der Waals surface area (Å²) >= 11 is 0. The van der Waals surface area contributed by atoms with Crippen molar-refractivity contribution in [1.29, 1.82) is 0 Å². The molecule has 2 heterocycles. The van der Waals surface area contributed by atoms with Gasteiger partial charge in [-0.1, -0.05) is 6.92 Å². The smallest absolute Gasteiger partial charge is 0.343 e. The van der Waals surface area contributed by atoms with E-state index in [1.165, 1.54) is 13.2 Å². The van der Waals surface area contributed by atoms with Crippen LogP contribution >= 0.6 is 0 Å². The molecule has 1 spiro atoms. The Bertz CT molecular complexity index is 617. The Morgan fingerprint density at radius 1 is 1.41 bits per heavy atom. The first kappa shape index (κ1) is 15.2. The number of hydrogen-bond donors (Lipinski definition) is 0. The molecule has 6 nitrogen and oxygen atoms in total. The molecule has 2 atom stereocenters. The van der Waals surface area contributed by atoms with Gasteiger partial charge in [0.25, 0.3) is 5.56 Å². The van der Waals surface area contributed by atoms with Crippen LogP contribution in [0.2, 0.25) is 0 Å². The van der Waals surface area contributed by atoms with Crippen molar-refractivity contribution in [2.75, 3.05) is 20.3 Å². The van der Waals surface area contributed by atoms with Crippen molar-refractivity contribution < 1.29 is 19.0 Å². The van der Waals surface area contributed by atoms with Gasteiger partial charge < -0.3 is 18.8 Å². The monoisotopic (exact) mass is 307 g/mol. The lowest BCUT2D eigenvalue weighted by molar-refractivity contribution is -0.191. The summed E-state index contributed by atoms with van der Waals surface area (Å²) in [5.41, 5.74) is -0.221. The Morgan fingerprint density at radius 3 is 2.77 bits per heavy atom. The third kappa shape index (κ3) is 2.57. The van der Waals surface area contributed by atoms with Crippen molar-refractivity contribution in [3.63, 3.8) is 0 Å². The van der Waals surface area contributed by atoms with E-state index in [0.717, 1.165) is 19.3 Å². The third-order valence-corrected chi connectivity index (χ3v) is 4.66. The SMILES string of the molecule is COC(=O)c1cccn(C2CCC3(C[C@H]2C)OCCO3)c1=O. The molecule has 1 aromatic heterocycles. The summed E-state index contributed by atoms with van der Waals surface area (Å²) in [6.07, 6.45) is 4.04. The van der Waals surface area contributed by atoms with Crippen LogP contribution in [-0.2, 0) is 14.2 Å². The van der Waals surface area contributed by atoms with Crippen molar-refractivity contribution in [2.45, 2.75) is 38.0 Å². The van der Waals surface area contributed by atoms with Crippen LogP contribution in [0.25, 0.3) is 0 Å². The maximum atomic E-state index is 12.5. The fraction of sp³-hybridized carbons (Fsp3) is 0.625. The molecular formula is C16H21NO5. The molecule has 1 aliphatic carbocycles. The van der Waals surface area contributed by atoms with E-state index < -0.39 is 11.8 Å². The minimum Gasteiger partial charge on any atom is -0.465 e. The number of pyridine rings is 1. The first-order chi connectivity index (χ1) is 10.6. The first-order valence-corrected chi connectivity index (χ1v) is 7.64. The van der Waals surface area contributed by atoms with E-state index >= 15 is 0 Å². The molecule has 3 rings (SSSR count). The van der Waals surface area contributed by atoms with Crippen LogP contribution < -0.4 is 5.56 Å². The first-order valence-electron chi connectivity index (χ1n) is 7.64. The van der Waals surface area contributed by atoms with E-state index in [0.29, 0.717) is 13.2 Å². The van der Waals surface area contributed by atoms with Gasteiger partial charge in [-0.3, -0.25) is 4.79 Å². The quantitative estimate of drug-likeness (QED) is 0.779. The molecule has 2 fully saturated rings. The van der Waals surface area contributed by atoms with Gasteiger partial charge in [-0.2, -0.15) is 0 Å². The number of ether oxygens (including phenoxy) is 3. The Kier molecular flexibility index (Phi) is 4.06. The van der Waals surface area contributed by atoms with Crippen molar-refractivity contribution in [2.24, 2.45) is 5.92 Å². The van der Waals surface area contributed by atoms with E-state index in [1.54, 1.807) is 16.8 Å². The molecule has 6 heteroatoms. The van der Waals surface area contributed by atoms with Crippen molar-refractivity contribution >= 4 is 5.97 Å². The second kappa shape index (κ2) is 5.85. The third-order valence-electron chi connectivity index (χ3n) is 4.66. The zero-order valence-corrected chi connectivity index (χ0v) is 12.9. The fourth-order valence-corrected chi connectivity index (χ4v) is 3.59. The molecule has 0 radical (unpaired) electrons. The zero-order valence-electron chi connectivity index (χ0n) is 12.9. The summed E-state index contributed by atoms with van der Waals surface area (Å²) in [6.45, 7) is 3.36. The molecule has 0 N–H and O–H groups in total. The van der Waals surface area contributed by atoms with Crippen LogP contribution in [0.5, 0.6) is 0 Å². The summed E-state index contributed by atoms with van der Waals surface area (Å²) in [5, 5.41) is 0. The lowest BCUT2D eigenvalue weighted by atomic mass is 9.81. The van der Waals surface area contributed by atoms with Crippen LogP contribution in [0.1, 0.15) is 42.6 Å². The van der Waals surface area contributed by atoms with Gasteiger partial charge in [0.15, 0.2) is 5.79 Å². The lowest BCUT2D eigenvalue weighted by Gasteiger charge is -2.40. The topological polar surface area (TPSA) is 66.8 Å². The number of rotatable bonds is 2. The summed E-state index contributed by atoms with van der Waals surface area (Å²) in [6, 6.07) is 3.26. The van der Waals surface area contributed by atoms with Gasteiger partial charge in [-0.05, 0) is 24.5 Å². The van der Waals surface area contributed by atoms with E-state index in [4.69, 9.17) is 9.47 Å². The summed E-state index contributed by atoms with van der Waals surface area (Å²) in [4.78, 5) is 24.2. The lowest BCUT2D eigenvalue weighted by Crippen LogP contribution is -2.42. The predicted molar refractivity (Wildman–Crippen MR) is 78.7 cm³/mol. The second-order valence-corrected chi connectivity index (χ2v) is 6.02. The van der Waals surface area contributed by atoms with Gasteiger partial charge in [0.1, 0.15) is 5.56 Å². The standard InChI is InChI=1S/C16H21NO5/c1-11-10-16(21-8-9-22-16)6-5-13(11)17-7-3-4-12(14(17)18)15(19)20-2/h3-4,7,11,13H,5-6,8-10H2,1-2H3/t11-,13?/m1/s1. The molecule has 1 aromatic rings. The van der Waals surface area contributed by atoms with Gasteiger partial charge >= 0.3 is 5.97 Å². The Balaban J connectivity index is 1.86. The number of aromatic nitrogens is 1. The van der Waals surface area contributed by atoms with Gasteiger partial charge in [0, 0.05) is 25.1 Å². The molecule has 0 aromatic carbocycles. The van der Waals surface area contributed by atoms with Crippen LogP contribution in [-0.4, -0.2) is 36.6 Å². The number of methoxy groups -OCH3 is 1. The van der Waals surface area contributed by atoms with Crippen molar-refractivity contribution in [1.82, 2.24) is 4.57 Å². The molecule has 1 saturated carbocycles. The van der Waals surface area contributed by atoms with E-state index in [1.807, 2.05) is 0 Å². The van der Waals surface area contributed by atoms with E-state index in [9.17, 15) is 9.59 Å². The maximum absolute atomic E-state index is 12.5. The van der Waals surface area contributed by atoms with Crippen molar-refractivity contribution in [3.05, 3.63) is 34.2 Å². The molecular weight excluding hydrogens is 286 g/mol. The Labute approximate surface area is 129 Å². The predicted octanol–water partition coefficient (Wildman–Crippen LogP) is 1.74. The van der Waals surface area contributed by atoms with E-state index in [2.05, 4.69) is 11.7 Å². The van der Waals surface area contributed by atoms with Gasteiger partial charge in [-0.25, -0.2) is 4.79 Å². The zero-order chi connectivity index (χ0) is 15.7. The molecule has 0 bridgehead atoms. The molecule has 2 aliphatic rings. The Morgan fingerprint density at radius 2 is 2.14 bits per heavy atom. The van der Waals surface area contributed by atoms with Gasteiger partial charge in [-0.15, -0.1) is 0 Å². The number of nitrogens with zero attached hydrogens (tertiary/aromatic N) is 1. The highest BCUT2D eigenvalue weighted by molar-refractivity contribution is 5.88. The van der Waals surface area contributed by atoms with Gasteiger partial charge in [0.05, 0.1) is 20.3 Å². The number of carbonyl (C=O) groups excluding carboxylic acids is 1. The van der Waals surface area contributed by atoms with Crippen LogP contribution in [0.4, 0.5) is 0 Å². The van der Waals surface area contributed by atoms with E-state index in [-0.39, 0.29) is 23.1 Å². The minimum absolute atomic E-state index is 0.0375. The highest BCUT2D eigenvalue weighted by atomic mass is 16.7. The molecule has 1 aliphatic heterocycles. The molecule has 22 heavy (non-hydrogen) atoms. The van der Waals surface area contributed by atoms with Crippen molar-refractivity contribution in [3.8, 4) is 0 Å². The Hall–Kier alpha value is -1.66. The van der Waals surface area contributed by atoms with Crippen LogP contribution in [0.3, 0.4) is 0 Å². The number of carbonyl (C=O) groups is 1. The number of hydrogen-bond acceptors (Lipinski definition) is 5. The molecule has 1 unspecified atom stereocenters. The maximum Gasteiger partial charge on any atom is 0.343 e. The largest absolute Gasteiger partial charge is 0.465 e. The molecule has 1 saturated heterocycles. The minimum atomic E-state index is -0.596. The molecule has 120 valence electrons. The molecule has 0 amide bonds. The highest BCUT2D eigenvalue weighted by Gasteiger charge is 2.44. The number of esters is 1. The highest BCUT2D eigenvalue weighted by Crippen LogP contribution is 2.43. The second-order valence-electron chi connectivity index (χ2n) is 6.02. The van der Waals surface area contributed by atoms with Crippen LogP contribution in [0, 0.1) is 5.92 Å². The summed E-state index contributed by atoms with van der Waals surface area (Å²) in [7, 11) is 1.28. The summed E-state index contributed by atoms with van der Waals surface area (Å²) in [5.74, 6) is -0.848. The van der Waals surface area contributed by atoms with Gasteiger partial charge in [0.2, 0.25) is 0 Å². The van der Waals surface area contributed by atoms with Crippen LogP contribution in [0.15, 0.2) is 23.1 Å². The average Bonchev–Trinajstić information content (AvgIpc) is 2.95. The summed E-state index contributed by atoms with van der Waals surface area (Å²) < 4.78 is 17.8. The normalized spacial score (nSPS) is 27.0. The fourth-order valence-electron chi connectivity index (χ4n) is 3.59.